The van der Waals surface area contributed by atoms with Crippen LogP contribution in [-0.4, -0.2) is 0 Å². The summed E-state index contributed by atoms with van der Waals surface area (Å²) in [7, 11) is 0. The fourth-order valence-corrected chi connectivity index (χ4v) is 7.01. The number of fused-ring (bicyclic) bond motifs is 5. The van der Waals surface area contributed by atoms with Crippen molar-refractivity contribution in [2.45, 2.75) is 0 Å². The zero-order valence-corrected chi connectivity index (χ0v) is 25.8. The molecule has 47 heavy (non-hydrogen) atoms. The van der Waals surface area contributed by atoms with Crippen molar-refractivity contribution in [2.24, 2.45) is 0 Å². The molecule has 0 amide bonds. The van der Waals surface area contributed by atoms with Crippen LogP contribution in [0.2, 0.25) is 0 Å². The Hall–Kier alpha value is -6.18. The van der Waals surface area contributed by atoms with Gasteiger partial charge in [-0.2, -0.15) is 0 Å². The maximum absolute atomic E-state index is 2.38. The molecule has 0 heterocycles. The molecule has 9 rings (SSSR count). The van der Waals surface area contributed by atoms with Crippen LogP contribution >= 0.6 is 0 Å². The Morgan fingerprint density at radius 1 is 0.277 bits per heavy atom. The van der Waals surface area contributed by atoms with Gasteiger partial charge in [0.1, 0.15) is 0 Å². The minimum Gasteiger partial charge on any atom is -0.310 e. The second-order valence-corrected chi connectivity index (χ2v) is 12.2. The quantitative estimate of drug-likeness (QED) is 0.178. The number of anilines is 3. The molecule has 0 aliphatic rings. The van der Waals surface area contributed by atoms with E-state index in [1.807, 2.05) is 0 Å². The molecule has 0 atom stereocenters. The molecule has 0 N–H and O–H groups in total. The highest BCUT2D eigenvalue weighted by Crippen LogP contribution is 2.42. The summed E-state index contributed by atoms with van der Waals surface area (Å²) < 4.78 is 0. The van der Waals surface area contributed by atoms with E-state index in [9.17, 15) is 0 Å². The van der Waals surface area contributed by atoms with Crippen molar-refractivity contribution in [3.8, 4) is 22.3 Å². The predicted octanol–water partition coefficient (Wildman–Crippen LogP) is 13.1. The fourth-order valence-electron chi connectivity index (χ4n) is 7.01. The van der Waals surface area contributed by atoms with Crippen molar-refractivity contribution < 1.29 is 0 Å². The van der Waals surface area contributed by atoms with E-state index in [4.69, 9.17) is 0 Å². The number of rotatable bonds is 5. The van der Waals surface area contributed by atoms with Crippen LogP contribution in [-0.2, 0) is 0 Å². The first-order chi connectivity index (χ1) is 23.3. The van der Waals surface area contributed by atoms with Gasteiger partial charge in [0.25, 0.3) is 0 Å². The summed E-state index contributed by atoms with van der Waals surface area (Å²) in [6.07, 6.45) is 0. The first-order valence-electron chi connectivity index (χ1n) is 16.2. The third kappa shape index (κ3) is 4.90. The summed E-state index contributed by atoms with van der Waals surface area (Å²) >= 11 is 0. The summed E-state index contributed by atoms with van der Waals surface area (Å²) in [4.78, 5) is 2.38. The van der Waals surface area contributed by atoms with Crippen LogP contribution in [0.4, 0.5) is 17.1 Å². The first kappa shape index (κ1) is 27.2. The summed E-state index contributed by atoms with van der Waals surface area (Å²) in [6, 6.07) is 68.3. The van der Waals surface area contributed by atoms with Crippen LogP contribution in [0.15, 0.2) is 188 Å². The monoisotopic (exact) mass is 597 g/mol. The van der Waals surface area contributed by atoms with E-state index in [1.165, 1.54) is 71.0 Å². The standard InChI is InChI=1S/C46H31N/c1-2-13-42(14-3-1)47(45-16-8-12-35-19-18-34-10-6-7-15-44(34)46(35)45)43-27-25-33(26-28-43)37-21-22-40-31-41(24-23-39(40)30-37)38-20-17-32-9-4-5-11-36(32)29-38/h1-31H. The van der Waals surface area contributed by atoms with Gasteiger partial charge in [0, 0.05) is 16.8 Å². The summed E-state index contributed by atoms with van der Waals surface area (Å²) in [6.45, 7) is 0. The lowest BCUT2D eigenvalue weighted by Gasteiger charge is -2.27. The minimum absolute atomic E-state index is 1.13. The lowest BCUT2D eigenvalue weighted by Crippen LogP contribution is -2.10. The van der Waals surface area contributed by atoms with Crippen molar-refractivity contribution >= 4 is 60.2 Å². The third-order valence-corrected chi connectivity index (χ3v) is 9.38. The number of hydrogen-bond donors (Lipinski definition) is 0. The molecule has 0 saturated heterocycles. The fraction of sp³-hybridized carbons (Fsp3) is 0. The maximum atomic E-state index is 2.38. The summed E-state index contributed by atoms with van der Waals surface area (Å²) in [5, 5.41) is 10.0. The Kier molecular flexibility index (Phi) is 6.54. The van der Waals surface area contributed by atoms with Crippen LogP contribution in [0, 0.1) is 0 Å². The zero-order chi connectivity index (χ0) is 31.2. The third-order valence-electron chi connectivity index (χ3n) is 9.38. The number of benzene rings is 9. The van der Waals surface area contributed by atoms with Crippen LogP contribution in [0.3, 0.4) is 0 Å². The normalized spacial score (nSPS) is 11.4. The Bertz CT molecular complexity index is 2560. The number of para-hydroxylation sites is 1. The van der Waals surface area contributed by atoms with Crippen molar-refractivity contribution in [1.29, 1.82) is 0 Å². The Labute approximate surface area is 274 Å². The van der Waals surface area contributed by atoms with Gasteiger partial charge in [-0.15, -0.1) is 0 Å². The SMILES string of the molecule is c1ccc(N(c2ccc(-c3ccc4cc(-c5ccc6ccccc6c5)ccc4c3)cc2)c2cccc3ccc4ccccc4c23)cc1. The van der Waals surface area contributed by atoms with Gasteiger partial charge in [0.15, 0.2) is 0 Å². The van der Waals surface area contributed by atoms with Crippen LogP contribution < -0.4 is 4.90 Å². The van der Waals surface area contributed by atoms with Crippen LogP contribution in [0.25, 0.3) is 65.3 Å². The topological polar surface area (TPSA) is 3.24 Å². The molecule has 9 aromatic rings. The second-order valence-electron chi connectivity index (χ2n) is 12.2. The molecular weight excluding hydrogens is 567 g/mol. The van der Waals surface area contributed by atoms with Gasteiger partial charge in [-0.05, 0) is 108 Å². The van der Waals surface area contributed by atoms with E-state index in [0.717, 1.165) is 11.4 Å². The average molecular weight is 598 g/mol. The van der Waals surface area contributed by atoms with E-state index in [1.54, 1.807) is 0 Å². The molecule has 0 aromatic heterocycles. The largest absolute Gasteiger partial charge is 0.310 e. The van der Waals surface area contributed by atoms with Gasteiger partial charge < -0.3 is 4.90 Å². The minimum atomic E-state index is 1.13. The second kappa shape index (κ2) is 11.3. The number of hydrogen-bond acceptors (Lipinski definition) is 1. The van der Waals surface area contributed by atoms with Crippen molar-refractivity contribution in [2.75, 3.05) is 4.90 Å². The van der Waals surface area contributed by atoms with Crippen molar-refractivity contribution in [3.05, 3.63) is 188 Å². The molecular formula is C46H31N. The molecule has 1 heteroatoms. The first-order valence-corrected chi connectivity index (χ1v) is 16.2. The maximum Gasteiger partial charge on any atom is 0.0546 e. The molecule has 9 aromatic carbocycles. The average Bonchev–Trinajstić information content (AvgIpc) is 3.15. The van der Waals surface area contributed by atoms with E-state index < -0.39 is 0 Å². The highest BCUT2D eigenvalue weighted by molar-refractivity contribution is 6.15. The molecule has 0 aliphatic carbocycles. The molecule has 220 valence electrons. The van der Waals surface area contributed by atoms with Gasteiger partial charge in [0.05, 0.1) is 5.69 Å². The molecule has 0 spiro atoms. The van der Waals surface area contributed by atoms with E-state index >= 15 is 0 Å². The smallest absolute Gasteiger partial charge is 0.0546 e. The molecule has 0 saturated carbocycles. The molecule has 0 fully saturated rings. The van der Waals surface area contributed by atoms with E-state index in [0.29, 0.717) is 0 Å². The van der Waals surface area contributed by atoms with Gasteiger partial charge >= 0.3 is 0 Å². The molecule has 1 nitrogen and oxygen atoms in total. The predicted molar refractivity (Wildman–Crippen MR) is 202 cm³/mol. The van der Waals surface area contributed by atoms with Crippen LogP contribution in [0.1, 0.15) is 0 Å². The summed E-state index contributed by atoms with van der Waals surface area (Å²) in [5.74, 6) is 0. The van der Waals surface area contributed by atoms with E-state index in [-0.39, 0.29) is 0 Å². The molecule has 0 radical (unpaired) electrons. The van der Waals surface area contributed by atoms with Gasteiger partial charge in [-0.3, -0.25) is 0 Å². The highest BCUT2D eigenvalue weighted by atomic mass is 15.1. The zero-order valence-electron chi connectivity index (χ0n) is 25.8. The molecule has 0 bridgehead atoms. The van der Waals surface area contributed by atoms with E-state index in [2.05, 4.69) is 193 Å². The Morgan fingerprint density at radius 2 is 0.745 bits per heavy atom. The summed E-state index contributed by atoms with van der Waals surface area (Å²) in [5.41, 5.74) is 8.33. The van der Waals surface area contributed by atoms with Gasteiger partial charge in [-0.1, -0.05) is 140 Å². The lowest BCUT2D eigenvalue weighted by molar-refractivity contribution is 1.30. The Morgan fingerprint density at radius 3 is 1.47 bits per heavy atom. The lowest BCUT2D eigenvalue weighted by atomic mass is 9.96. The molecule has 0 unspecified atom stereocenters. The van der Waals surface area contributed by atoms with Crippen molar-refractivity contribution in [3.63, 3.8) is 0 Å². The Balaban J connectivity index is 1.09. The van der Waals surface area contributed by atoms with Gasteiger partial charge in [-0.25, -0.2) is 0 Å². The van der Waals surface area contributed by atoms with Gasteiger partial charge in [0.2, 0.25) is 0 Å². The number of nitrogens with zero attached hydrogens (tertiary/aromatic N) is 1. The van der Waals surface area contributed by atoms with Crippen LogP contribution in [0.5, 0.6) is 0 Å². The highest BCUT2D eigenvalue weighted by Gasteiger charge is 2.17. The van der Waals surface area contributed by atoms with Crippen molar-refractivity contribution in [1.82, 2.24) is 0 Å². The molecule has 0 aliphatic heterocycles.